The minimum atomic E-state index is -0.455. The zero-order valence-electron chi connectivity index (χ0n) is 12.3. The summed E-state index contributed by atoms with van der Waals surface area (Å²) < 4.78 is 1.79. The number of nitrogens with zero attached hydrogens (tertiary/aromatic N) is 4. The zero-order chi connectivity index (χ0) is 14.8. The van der Waals surface area contributed by atoms with Crippen molar-refractivity contribution in [2.45, 2.75) is 43.5 Å². The van der Waals surface area contributed by atoms with Crippen LogP contribution in [-0.4, -0.2) is 55.7 Å². The van der Waals surface area contributed by atoms with E-state index in [-0.39, 0.29) is 10.7 Å². The van der Waals surface area contributed by atoms with Crippen molar-refractivity contribution in [1.29, 1.82) is 0 Å². The lowest BCUT2D eigenvalue weighted by atomic mass is 9.99. The predicted molar refractivity (Wildman–Crippen MR) is 80.4 cm³/mol. The molecule has 0 aliphatic carbocycles. The van der Waals surface area contributed by atoms with Crippen molar-refractivity contribution < 1.29 is 4.79 Å². The van der Waals surface area contributed by atoms with Crippen LogP contribution in [0.5, 0.6) is 0 Å². The monoisotopic (exact) mass is 297 g/mol. The van der Waals surface area contributed by atoms with Crippen LogP contribution in [0.1, 0.15) is 32.7 Å². The van der Waals surface area contributed by atoms with Crippen LogP contribution in [0.25, 0.3) is 0 Å². The summed E-state index contributed by atoms with van der Waals surface area (Å²) in [6.45, 7) is 5.54. The second-order valence-corrected chi connectivity index (χ2v) is 7.21. The van der Waals surface area contributed by atoms with Crippen LogP contribution in [0.3, 0.4) is 0 Å². The summed E-state index contributed by atoms with van der Waals surface area (Å²) >= 11 is 1.63. The molecule has 1 amide bonds. The second-order valence-electron chi connectivity index (χ2n) is 5.75. The highest BCUT2D eigenvalue weighted by molar-refractivity contribution is 8.00. The Morgan fingerprint density at radius 3 is 2.40 bits per heavy atom. The molecule has 112 valence electrons. The summed E-state index contributed by atoms with van der Waals surface area (Å²) in [6.07, 6.45) is 7.33. The van der Waals surface area contributed by atoms with Crippen molar-refractivity contribution >= 4 is 17.7 Å². The average molecular weight is 297 g/mol. The summed E-state index contributed by atoms with van der Waals surface area (Å²) in [4.78, 5) is 14.3. The Labute approximate surface area is 124 Å². The van der Waals surface area contributed by atoms with Crippen LogP contribution >= 0.6 is 11.8 Å². The number of piperidine rings is 1. The van der Waals surface area contributed by atoms with Crippen LogP contribution in [0.15, 0.2) is 12.7 Å². The topological polar surface area (TPSA) is 77.0 Å². The maximum Gasteiger partial charge on any atom is 0.240 e. The number of hydrogen-bond acceptors (Lipinski definition) is 5. The molecule has 1 aliphatic heterocycles. The number of carbonyl (C=O) groups is 1. The van der Waals surface area contributed by atoms with Crippen molar-refractivity contribution in [3.8, 4) is 0 Å². The van der Waals surface area contributed by atoms with E-state index in [0.717, 1.165) is 25.9 Å². The fraction of sp³-hybridized carbons (Fsp3) is 0.769. The van der Waals surface area contributed by atoms with Crippen molar-refractivity contribution in [1.82, 2.24) is 19.7 Å². The van der Waals surface area contributed by atoms with E-state index in [1.807, 2.05) is 29.6 Å². The van der Waals surface area contributed by atoms with Crippen LogP contribution in [0.4, 0.5) is 0 Å². The summed E-state index contributed by atoms with van der Waals surface area (Å²) in [5.74, 6) is 0.0616. The standard InChI is InChI=1S/C13H23N5OS/c1-13(2,20-3)11(14)12(19)17-6-4-10(5-7-17)18-8-15-16-9-18/h8-11H,4-7,14H2,1-3H3/t11-/m1/s1. The lowest BCUT2D eigenvalue weighted by Gasteiger charge is -2.37. The molecule has 2 N–H and O–H groups in total. The van der Waals surface area contributed by atoms with Gasteiger partial charge in [0.05, 0.1) is 6.04 Å². The zero-order valence-corrected chi connectivity index (χ0v) is 13.1. The number of likely N-dealkylation sites (tertiary alicyclic amines) is 1. The normalized spacial score (nSPS) is 19.1. The molecule has 0 bridgehead atoms. The molecule has 6 nitrogen and oxygen atoms in total. The highest BCUT2D eigenvalue weighted by Gasteiger charge is 2.35. The summed E-state index contributed by atoms with van der Waals surface area (Å²) in [5, 5.41) is 7.67. The van der Waals surface area contributed by atoms with Gasteiger partial charge in [0.2, 0.25) is 5.91 Å². The van der Waals surface area contributed by atoms with E-state index in [2.05, 4.69) is 10.2 Å². The largest absolute Gasteiger partial charge is 0.341 e. The van der Waals surface area contributed by atoms with Crippen molar-refractivity contribution in [2.75, 3.05) is 19.3 Å². The highest BCUT2D eigenvalue weighted by atomic mass is 32.2. The molecule has 2 rings (SSSR count). The summed E-state index contributed by atoms with van der Waals surface area (Å²) in [6, 6.07) is -0.0669. The molecule has 7 heteroatoms. The molecule has 1 atom stereocenters. The third kappa shape index (κ3) is 3.15. The lowest BCUT2D eigenvalue weighted by molar-refractivity contribution is -0.134. The Kier molecular flexibility index (Phi) is 4.70. The van der Waals surface area contributed by atoms with Crippen LogP contribution in [0.2, 0.25) is 0 Å². The number of aromatic nitrogens is 3. The SMILES string of the molecule is CSC(C)(C)[C@H](N)C(=O)N1CCC(n2cnnc2)CC1. The number of hydrogen-bond donors (Lipinski definition) is 1. The molecule has 1 aromatic rings. The number of rotatable bonds is 4. The predicted octanol–water partition coefficient (Wildman–Crippen LogP) is 0.910. The Morgan fingerprint density at radius 1 is 1.35 bits per heavy atom. The Bertz CT molecular complexity index is 440. The fourth-order valence-corrected chi connectivity index (χ4v) is 2.76. The molecule has 1 fully saturated rings. The van der Waals surface area contributed by atoms with Gasteiger partial charge in [0.15, 0.2) is 0 Å². The van der Waals surface area contributed by atoms with Gasteiger partial charge in [-0.15, -0.1) is 10.2 Å². The molecule has 20 heavy (non-hydrogen) atoms. The van der Waals surface area contributed by atoms with E-state index in [1.54, 1.807) is 24.4 Å². The molecule has 0 aromatic carbocycles. The minimum absolute atomic E-state index is 0.0616. The minimum Gasteiger partial charge on any atom is -0.341 e. The molecule has 1 aliphatic rings. The van der Waals surface area contributed by atoms with E-state index < -0.39 is 6.04 Å². The van der Waals surface area contributed by atoms with E-state index in [4.69, 9.17) is 5.73 Å². The van der Waals surface area contributed by atoms with Gasteiger partial charge < -0.3 is 15.2 Å². The van der Waals surface area contributed by atoms with Crippen molar-refractivity contribution in [2.24, 2.45) is 5.73 Å². The van der Waals surface area contributed by atoms with Crippen LogP contribution in [0, 0.1) is 0 Å². The molecule has 1 aromatic heterocycles. The third-order valence-electron chi connectivity index (χ3n) is 4.18. The molecular formula is C13H23N5OS. The van der Waals surface area contributed by atoms with Gasteiger partial charge in [-0.3, -0.25) is 4.79 Å². The average Bonchev–Trinajstić information content (AvgIpc) is 3.00. The quantitative estimate of drug-likeness (QED) is 0.894. The van der Waals surface area contributed by atoms with Gasteiger partial charge in [-0.05, 0) is 32.9 Å². The van der Waals surface area contributed by atoms with Crippen molar-refractivity contribution in [3.05, 3.63) is 12.7 Å². The van der Waals surface area contributed by atoms with Crippen LogP contribution in [-0.2, 0) is 4.79 Å². The Hall–Kier alpha value is -1.08. The Morgan fingerprint density at radius 2 is 1.90 bits per heavy atom. The van der Waals surface area contributed by atoms with Gasteiger partial charge >= 0.3 is 0 Å². The summed E-state index contributed by atoms with van der Waals surface area (Å²) in [5.41, 5.74) is 6.13. The van der Waals surface area contributed by atoms with E-state index in [9.17, 15) is 4.79 Å². The molecule has 2 heterocycles. The number of amides is 1. The molecular weight excluding hydrogens is 274 g/mol. The van der Waals surface area contributed by atoms with Crippen LogP contribution < -0.4 is 5.73 Å². The van der Waals surface area contributed by atoms with E-state index >= 15 is 0 Å². The highest BCUT2D eigenvalue weighted by Crippen LogP contribution is 2.27. The Balaban J connectivity index is 1.92. The third-order valence-corrected chi connectivity index (χ3v) is 5.48. The first-order chi connectivity index (χ1) is 9.45. The second kappa shape index (κ2) is 6.13. The smallest absolute Gasteiger partial charge is 0.240 e. The maximum atomic E-state index is 12.5. The van der Waals surface area contributed by atoms with E-state index in [0.29, 0.717) is 6.04 Å². The molecule has 0 unspecified atom stereocenters. The number of carbonyl (C=O) groups excluding carboxylic acids is 1. The van der Waals surface area contributed by atoms with E-state index in [1.165, 1.54) is 0 Å². The van der Waals surface area contributed by atoms with Gasteiger partial charge in [0.25, 0.3) is 0 Å². The van der Waals surface area contributed by atoms with Gasteiger partial charge in [-0.1, -0.05) is 0 Å². The fourth-order valence-electron chi connectivity index (χ4n) is 2.40. The van der Waals surface area contributed by atoms with Crippen molar-refractivity contribution in [3.63, 3.8) is 0 Å². The van der Waals surface area contributed by atoms with Gasteiger partial charge in [0.1, 0.15) is 12.7 Å². The molecule has 1 saturated heterocycles. The molecule has 0 saturated carbocycles. The first kappa shape index (κ1) is 15.3. The van der Waals surface area contributed by atoms with Gasteiger partial charge in [-0.2, -0.15) is 11.8 Å². The van der Waals surface area contributed by atoms with Gasteiger partial charge in [0, 0.05) is 23.9 Å². The maximum absolute atomic E-state index is 12.5. The lowest BCUT2D eigenvalue weighted by Crippen LogP contribution is -2.54. The molecule has 0 radical (unpaired) electrons. The first-order valence-electron chi connectivity index (χ1n) is 6.89. The first-order valence-corrected chi connectivity index (χ1v) is 8.12. The summed E-state index contributed by atoms with van der Waals surface area (Å²) in [7, 11) is 0. The molecule has 0 spiro atoms. The van der Waals surface area contributed by atoms with Gasteiger partial charge in [-0.25, -0.2) is 0 Å². The number of thioether (sulfide) groups is 1. The number of nitrogens with two attached hydrogens (primary N) is 1.